The van der Waals surface area contributed by atoms with E-state index in [2.05, 4.69) is 33.8 Å². The van der Waals surface area contributed by atoms with Crippen molar-refractivity contribution < 1.29 is 4.42 Å². The van der Waals surface area contributed by atoms with Crippen LogP contribution in [0.1, 0.15) is 17.0 Å². The molecule has 1 saturated heterocycles. The van der Waals surface area contributed by atoms with Gasteiger partial charge < -0.3 is 9.32 Å². The SMILES string of the molecule is Cc1n[nH]c(C)c1N1CCN(Cc2ccoc2)CC1. The molecule has 1 aliphatic rings. The molecule has 3 heterocycles. The predicted molar refractivity (Wildman–Crippen MR) is 74.3 cm³/mol. The summed E-state index contributed by atoms with van der Waals surface area (Å²) in [5.74, 6) is 0. The van der Waals surface area contributed by atoms with E-state index in [0.717, 1.165) is 38.4 Å². The van der Waals surface area contributed by atoms with Crippen molar-refractivity contribution in [2.24, 2.45) is 0 Å². The van der Waals surface area contributed by atoms with E-state index >= 15 is 0 Å². The van der Waals surface area contributed by atoms with Gasteiger partial charge in [-0.05, 0) is 19.9 Å². The zero-order chi connectivity index (χ0) is 13.2. The fourth-order valence-corrected chi connectivity index (χ4v) is 2.78. The number of piperazine rings is 1. The molecule has 0 amide bonds. The van der Waals surface area contributed by atoms with Crippen LogP contribution in [-0.2, 0) is 6.54 Å². The fraction of sp³-hybridized carbons (Fsp3) is 0.500. The van der Waals surface area contributed by atoms with Crippen LogP contribution < -0.4 is 4.90 Å². The lowest BCUT2D eigenvalue weighted by molar-refractivity contribution is 0.249. The Hall–Kier alpha value is -1.75. The van der Waals surface area contributed by atoms with Gasteiger partial charge in [0.05, 0.1) is 29.6 Å². The quantitative estimate of drug-likeness (QED) is 0.916. The maximum Gasteiger partial charge on any atom is 0.0947 e. The summed E-state index contributed by atoms with van der Waals surface area (Å²) in [6.45, 7) is 9.40. The normalized spacial score (nSPS) is 17.1. The van der Waals surface area contributed by atoms with Crippen LogP contribution in [0.4, 0.5) is 5.69 Å². The Morgan fingerprint density at radius 2 is 2.05 bits per heavy atom. The highest BCUT2D eigenvalue weighted by molar-refractivity contribution is 5.54. The summed E-state index contributed by atoms with van der Waals surface area (Å²) in [5.41, 5.74) is 4.80. The van der Waals surface area contributed by atoms with Crippen molar-refractivity contribution in [3.63, 3.8) is 0 Å². The highest BCUT2D eigenvalue weighted by Gasteiger charge is 2.21. The molecule has 0 aliphatic carbocycles. The van der Waals surface area contributed by atoms with E-state index in [0.29, 0.717) is 0 Å². The van der Waals surface area contributed by atoms with Crippen LogP contribution >= 0.6 is 0 Å². The Labute approximate surface area is 113 Å². The minimum absolute atomic E-state index is 0.980. The molecule has 0 atom stereocenters. The number of nitrogens with one attached hydrogen (secondary N) is 1. The minimum atomic E-state index is 0.980. The van der Waals surface area contributed by atoms with Crippen LogP contribution in [0.25, 0.3) is 0 Å². The lowest BCUT2D eigenvalue weighted by Crippen LogP contribution is -2.46. The van der Waals surface area contributed by atoms with Crippen molar-refractivity contribution in [3.8, 4) is 0 Å². The lowest BCUT2D eigenvalue weighted by atomic mass is 10.2. The molecule has 0 saturated carbocycles. The molecule has 0 bridgehead atoms. The maximum absolute atomic E-state index is 5.12. The zero-order valence-corrected chi connectivity index (χ0v) is 11.5. The number of anilines is 1. The molecule has 1 fully saturated rings. The van der Waals surface area contributed by atoms with Gasteiger partial charge in [-0.3, -0.25) is 10.00 Å². The molecule has 0 unspecified atom stereocenters. The molecule has 19 heavy (non-hydrogen) atoms. The number of H-pyrrole nitrogens is 1. The summed E-state index contributed by atoms with van der Waals surface area (Å²) in [5, 5.41) is 7.34. The Bertz CT molecular complexity index is 504. The number of aromatic nitrogens is 2. The Balaban J connectivity index is 1.60. The van der Waals surface area contributed by atoms with Gasteiger partial charge in [0, 0.05) is 38.3 Å². The predicted octanol–water partition coefficient (Wildman–Crippen LogP) is 1.94. The number of hydrogen-bond acceptors (Lipinski definition) is 4. The van der Waals surface area contributed by atoms with E-state index in [1.807, 2.05) is 12.3 Å². The summed E-state index contributed by atoms with van der Waals surface area (Å²) < 4.78 is 5.12. The first-order valence-electron chi connectivity index (χ1n) is 6.74. The van der Waals surface area contributed by atoms with Gasteiger partial charge in [0.25, 0.3) is 0 Å². The summed E-state index contributed by atoms with van der Waals surface area (Å²) in [7, 11) is 0. The molecule has 5 heteroatoms. The number of nitrogens with zero attached hydrogens (tertiary/aromatic N) is 3. The Kier molecular flexibility index (Phi) is 3.29. The second-order valence-electron chi connectivity index (χ2n) is 5.18. The van der Waals surface area contributed by atoms with Crippen molar-refractivity contribution >= 4 is 5.69 Å². The zero-order valence-electron chi connectivity index (χ0n) is 11.5. The lowest BCUT2D eigenvalue weighted by Gasteiger charge is -2.36. The standard InChI is InChI=1S/C14H20N4O/c1-11-14(12(2)16-15-11)18-6-4-17(5-7-18)9-13-3-8-19-10-13/h3,8,10H,4-7,9H2,1-2H3,(H,15,16). The van der Waals surface area contributed by atoms with Crippen molar-refractivity contribution in [1.29, 1.82) is 0 Å². The smallest absolute Gasteiger partial charge is 0.0947 e. The van der Waals surface area contributed by atoms with Crippen LogP contribution in [-0.4, -0.2) is 41.3 Å². The van der Waals surface area contributed by atoms with E-state index < -0.39 is 0 Å². The molecule has 1 N–H and O–H groups in total. The summed E-state index contributed by atoms with van der Waals surface area (Å²) in [6.07, 6.45) is 3.57. The minimum Gasteiger partial charge on any atom is -0.472 e. The van der Waals surface area contributed by atoms with Crippen molar-refractivity contribution in [2.75, 3.05) is 31.1 Å². The molecular weight excluding hydrogens is 240 g/mol. The fourth-order valence-electron chi connectivity index (χ4n) is 2.78. The van der Waals surface area contributed by atoms with Crippen LogP contribution in [0.5, 0.6) is 0 Å². The first-order chi connectivity index (χ1) is 9.24. The molecule has 0 spiro atoms. The number of aryl methyl sites for hydroxylation is 2. The Morgan fingerprint density at radius 1 is 1.26 bits per heavy atom. The first kappa shape index (κ1) is 12.3. The van der Waals surface area contributed by atoms with E-state index in [4.69, 9.17) is 4.42 Å². The highest BCUT2D eigenvalue weighted by Crippen LogP contribution is 2.23. The molecule has 2 aromatic heterocycles. The van der Waals surface area contributed by atoms with Gasteiger partial charge in [-0.1, -0.05) is 0 Å². The topological polar surface area (TPSA) is 48.3 Å². The van der Waals surface area contributed by atoms with Crippen LogP contribution in [0.2, 0.25) is 0 Å². The van der Waals surface area contributed by atoms with Crippen LogP contribution in [0, 0.1) is 13.8 Å². The van der Waals surface area contributed by atoms with Gasteiger partial charge in [-0.2, -0.15) is 5.10 Å². The second-order valence-corrected chi connectivity index (χ2v) is 5.18. The van der Waals surface area contributed by atoms with Gasteiger partial charge in [-0.25, -0.2) is 0 Å². The second kappa shape index (κ2) is 5.09. The van der Waals surface area contributed by atoms with Crippen LogP contribution in [0.15, 0.2) is 23.0 Å². The van der Waals surface area contributed by atoms with Gasteiger partial charge in [0.2, 0.25) is 0 Å². The molecule has 0 aromatic carbocycles. The average molecular weight is 260 g/mol. The number of rotatable bonds is 3. The maximum atomic E-state index is 5.12. The molecule has 0 radical (unpaired) electrons. The molecule has 2 aromatic rings. The molecular formula is C14H20N4O. The van der Waals surface area contributed by atoms with Gasteiger partial charge in [-0.15, -0.1) is 0 Å². The first-order valence-corrected chi connectivity index (χ1v) is 6.74. The third kappa shape index (κ3) is 2.51. The van der Waals surface area contributed by atoms with Gasteiger partial charge >= 0.3 is 0 Å². The molecule has 102 valence electrons. The molecule has 3 rings (SSSR count). The monoisotopic (exact) mass is 260 g/mol. The summed E-state index contributed by atoms with van der Waals surface area (Å²) in [6, 6.07) is 2.04. The summed E-state index contributed by atoms with van der Waals surface area (Å²) >= 11 is 0. The molecule has 5 nitrogen and oxygen atoms in total. The van der Waals surface area contributed by atoms with E-state index in [1.54, 1.807) is 6.26 Å². The van der Waals surface area contributed by atoms with E-state index in [-0.39, 0.29) is 0 Å². The van der Waals surface area contributed by atoms with Gasteiger partial charge in [0.1, 0.15) is 0 Å². The van der Waals surface area contributed by atoms with E-state index in [9.17, 15) is 0 Å². The summed E-state index contributed by atoms with van der Waals surface area (Å²) in [4.78, 5) is 4.89. The molecule has 1 aliphatic heterocycles. The number of hydrogen-bond donors (Lipinski definition) is 1. The van der Waals surface area contributed by atoms with Crippen LogP contribution in [0.3, 0.4) is 0 Å². The average Bonchev–Trinajstić information content (AvgIpc) is 3.02. The number of furan rings is 1. The highest BCUT2D eigenvalue weighted by atomic mass is 16.3. The van der Waals surface area contributed by atoms with Crippen molar-refractivity contribution in [1.82, 2.24) is 15.1 Å². The third-order valence-electron chi connectivity index (χ3n) is 3.76. The third-order valence-corrected chi connectivity index (χ3v) is 3.76. The van der Waals surface area contributed by atoms with Gasteiger partial charge in [0.15, 0.2) is 0 Å². The Morgan fingerprint density at radius 3 is 2.63 bits per heavy atom. The number of aromatic amines is 1. The largest absolute Gasteiger partial charge is 0.472 e. The van der Waals surface area contributed by atoms with Crippen molar-refractivity contribution in [2.45, 2.75) is 20.4 Å². The van der Waals surface area contributed by atoms with E-state index in [1.165, 1.54) is 16.9 Å². The van der Waals surface area contributed by atoms with Crippen molar-refractivity contribution in [3.05, 3.63) is 35.5 Å².